The maximum Gasteiger partial charge on any atom is 0.261 e. The summed E-state index contributed by atoms with van der Waals surface area (Å²) in [5.41, 5.74) is 2.03. The molecular weight excluding hydrogens is 412 g/mol. The van der Waals surface area contributed by atoms with Crippen molar-refractivity contribution >= 4 is 38.9 Å². The topological polar surface area (TPSA) is 84.5 Å². The molecule has 0 atom stereocenters. The van der Waals surface area contributed by atoms with Crippen LogP contribution in [-0.4, -0.2) is 21.4 Å². The summed E-state index contributed by atoms with van der Waals surface area (Å²) in [7, 11) is -2.30. The van der Waals surface area contributed by atoms with Crippen LogP contribution in [0.3, 0.4) is 0 Å². The first-order valence-electron chi connectivity index (χ1n) is 8.63. The third kappa shape index (κ3) is 5.07. The molecule has 29 heavy (non-hydrogen) atoms. The highest BCUT2D eigenvalue weighted by atomic mass is 35.5. The van der Waals surface area contributed by atoms with Crippen molar-refractivity contribution in [3.8, 4) is 5.75 Å². The number of hydrogen-bond acceptors (Lipinski definition) is 4. The molecule has 3 rings (SSSR count). The molecule has 0 aromatic heterocycles. The molecule has 0 spiro atoms. The second-order valence-electron chi connectivity index (χ2n) is 6.28. The van der Waals surface area contributed by atoms with Crippen LogP contribution < -0.4 is 14.8 Å². The highest BCUT2D eigenvalue weighted by Crippen LogP contribution is 2.23. The fourth-order valence-corrected chi connectivity index (χ4v) is 3.84. The van der Waals surface area contributed by atoms with E-state index in [9.17, 15) is 13.2 Å². The molecule has 2 N–H and O–H groups in total. The number of sulfonamides is 1. The minimum atomic E-state index is -3.81. The number of carbonyl (C=O) groups is 1. The SMILES string of the molecule is COc1ccc(S(=O)(=O)Nc2cccc(C(=O)Nc3cc(Cl)ccc3C)c2)cc1. The van der Waals surface area contributed by atoms with Gasteiger partial charge in [0.05, 0.1) is 12.0 Å². The molecule has 1 amide bonds. The standard InChI is InChI=1S/C21H19ClN2O4S/c1-14-6-7-16(22)13-20(14)23-21(25)15-4-3-5-17(12-15)24-29(26,27)19-10-8-18(28-2)9-11-19/h3-13,24H,1-2H3,(H,23,25). The molecule has 0 aliphatic carbocycles. The van der Waals surface area contributed by atoms with Crippen LogP contribution in [-0.2, 0) is 10.0 Å². The first-order chi connectivity index (χ1) is 13.8. The zero-order chi connectivity index (χ0) is 21.0. The lowest BCUT2D eigenvalue weighted by Crippen LogP contribution is -2.15. The largest absolute Gasteiger partial charge is 0.497 e. The molecule has 150 valence electrons. The van der Waals surface area contributed by atoms with E-state index in [1.807, 2.05) is 6.92 Å². The van der Waals surface area contributed by atoms with Gasteiger partial charge < -0.3 is 10.1 Å². The van der Waals surface area contributed by atoms with E-state index in [4.69, 9.17) is 16.3 Å². The van der Waals surface area contributed by atoms with Crippen molar-refractivity contribution in [3.05, 3.63) is 82.9 Å². The molecule has 0 saturated carbocycles. The molecule has 0 fully saturated rings. The van der Waals surface area contributed by atoms with Crippen LogP contribution in [0.1, 0.15) is 15.9 Å². The van der Waals surface area contributed by atoms with Gasteiger partial charge in [-0.15, -0.1) is 0 Å². The van der Waals surface area contributed by atoms with Crippen molar-refractivity contribution in [1.29, 1.82) is 0 Å². The van der Waals surface area contributed by atoms with Crippen LogP contribution in [0, 0.1) is 6.92 Å². The van der Waals surface area contributed by atoms with E-state index >= 15 is 0 Å². The van der Waals surface area contributed by atoms with Crippen LogP contribution in [0.2, 0.25) is 5.02 Å². The maximum absolute atomic E-state index is 12.6. The van der Waals surface area contributed by atoms with Gasteiger partial charge in [0.25, 0.3) is 15.9 Å². The Balaban J connectivity index is 1.79. The smallest absolute Gasteiger partial charge is 0.261 e. The van der Waals surface area contributed by atoms with Gasteiger partial charge in [-0.3, -0.25) is 9.52 Å². The van der Waals surface area contributed by atoms with Crippen molar-refractivity contribution < 1.29 is 17.9 Å². The normalized spacial score (nSPS) is 11.0. The second-order valence-corrected chi connectivity index (χ2v) is 8.39. The Morgan fingerprint density at radius 3 is 2.41 bits per heavy atom. The Labute approximate surface area is 174 Å². The quantitative estimate of drug-likeness (QED) is 0.593. The van der Waals surface area contributed by atoms with E-state index in [1.165, 1.54) is 25.3 Å². The summed E-state index contributed by atoms with van der Waals surface area (Å²) in [4.78, 5) is 12.7. The average Bonchev–Trinajstić information content (AvgIpc) is 2.70. The number of benzene rings is 3. The zero-order valence-electron chi connectivity index (χ0n) is 15.8. The number of hydrogen-bond donors (Lipinski definition) is 2. The molecule has 3 aromatic carbocycles. The van der Waals surface area contributed by atoms with E-state index in [0.29, 0.717) is 22.0 Å². The molecule has 8 heteroatoms. The van der Waals surface area contributed by atoms with Crippen LogP contribution in [0.15, 0.2) is 71.6 Å². The molecule has 0 unspecified atom stereocenters. The van der Waals surface area contributed by atoms with Gasteiger partial charge in [0.2, 0.25) is 0 Å². The van der Waals surface area contributed by atoms with Gasteiger partial charge in [0, 0.05) is 22.0 Å². The van der Waals surface area contributed by atoms with E-state index in [2.05, 4.69) is 10.0 Å². The summed E-state index contributed by atoms with van der Waals surface area (Å²) in [6.45, 7) is 1.85. The number of aryl methyl sites for hydroxylation is 1. The molecular formula is C21H19ClN2O4S. The number of anilines is 2. The van der Waals surface area contributed by atoms with Gasteiger partial charge in [-0.2, -0.15) is 0 Å². The van der Waals surface area contributed by atoms with Crippen LogP contribution in [0.25, 0.3) is 0 Å². The lowest BCUT2D eigenvalue weighted by molar-refractivity contribution is 0.102. The van der Waals surface area contributed by atoms with Gasteiger partial charge in [-0.05, 0) is 67.1 Å². The fourth-order valence-electron chi connectivity index (χ4n) is 2.62. The first-order valence-corrected chi connectivity index (χ1v) is 10.5. The third-order valence-corrected chi connectivity index (χ3v) is 5.83. The summed E-state index contributed by atoms with van der Waals surface area (Å²) in [5, 5.41) is 3.29. The lowest BCUT2D eigenvalue weighted by atomic mass is 10.1. The van der Waals surface area contributed by atoms with Gasteiger partial charge in [0.15, 0.2) is 0 Å². The number of rotatable bonds is 6. The minimum Gasteiger partial charge on any atom is -0.497 e. The van der Waals surface area contributed by atoms with Crippen molar-refractivity contribution in [2.45, 2.75) is 11.8 Å². The third-order valence-electron chi connectivity index (χ3n) is 4.19. The maximum atomic E-state index is 12.6. The van der Waals surface area contributed by atoms with Crippen LogP contribution in [0.4, 0.5) is 11.4 Å². The van der Waals surface area contributed by atoms with Gasteiger partial charge >= 0.3 is 0 Å². The Hall–Kier alpha value is -3.03. The van der Waals surface area contributed by atoms with Gasteiger partial charge in [0.1, 0.15) is 5.75 Å². The summed E-state index contributed by atoms with van der Waals surface area (Å²) in [6, 6.07) is 17.4. The summed E-state index contributed by atoms with van der Waals surface area (Å²) < 4.78 is 32.7. The molecule has 0 bridgehead atoms. The number of nitrogens with one attached hydrogen (secondary N) is 2. The Morgan fingerprint density at radius 2 is 1.72 bits per heavy atom. The molecule has 0 aliphatic rings. The Kier molecular flexibility index (Phi) is 6.10. The predicted molar refractivity (Wildman–Crippen MR) is 114 cm³/mol. The minimum absolute atomic E-state index is 0.0858. The molecule has 0 heterocycles. The Morgan fingerprint density at radius 1 is 1.00 bits per heavy atom. The van der Waals surface area contributed by atoms with E-state index in [1.54, 1.807) is 48.5 Å². The highest BCUT2D eigenvalue weighted by Gasteiger charge is 2.16. The van der Waals surface area contributed by atoms with E-state index in [-0.39, 0.29) is 16.5 Å². The molecule has 0 aliphatic heterocycles. The highest BCUT2D eigenvalue weighted by molar-refractivity contribution is 7.92. The van der Waals surface area contributed by atoms with Crippen molar-refractivity contribution in [2.24, 2.45) is 0 Å². The molecule has 6 nitrogen and oxygen atoms in total. The lowest BCUT2D eigenvalue weighted by Gasteiger charge is -2.11. The van der Waals surface area contributed by atoms with E-state index < -0.39 is 10.0 Å². The van der Waals surface area contributed by atoms with Crippen molar-refractivity contribution in [3.63, 3.8) is 0 Å². The number of amides is 1. The number of carbonyl (C=O) groups excluding carboxylic acids is 1. The Bertz CT molecular complexity index is 1150. The van der Waals surface area contributed by atoms with Crippen LogP contribution >= 0.6 is 11.6 Å². The summed E-state index contributed by atoms with van der Waals surface area (Å²) in [5.74, 6) is 0.180. The fraction of sp³-hybridized carbons (Fsp3) is 0.0952. The predicted octanol–water partition coefficient (Wildman–Crippen LogP) is 4.71. The molecule has 0 radical (unpaired) electrons. The average molecular weight is 431 g/mol. The number of halogens is 1. The molecule has 0 saturated heterocycles. The number of ether oxygens (including phenoxy) is 1. The summed E-state index contributed by atoms with van der Waals surface area (Å²) in [6.07, 6.45) is 0. The van der Waals surface area contributed by atoms with Crippen molar-refractivity contribution in [1.82, 2.24) is 0 Å². The second kappa shape index (κ2) is 8.55. The zero-order valence-corrected chi connectivity index (χ0v) is 17.3. The molecule has 3 aromatic rings. The number of methoxy groups -OCH3 is 1. The van der Waals surface area contributed by atoms with E-state index in [0.717, 1.165) is 5.56 Å². The van der Waals surface area contributed by atoms with Gasteiger partial charge in [-0.1, -0.05) is 23.7 Å². The van der Waals surface area contributed by atoms with Crippen molar-refractivity contribution in [2.75, 3.05) is 17.1 Å². The first kappa shape index (κ1) is 20.7. The van der Waals surface area contributed by atoms with Crippen LogP contribution in [0.5, 0.6) is 5.75 Å². The monoisotopic (exact) mass is 430 g/mol. The van der Waals surface area contributed by atoms with Gasteiger partial charge in [-0.25, -0.2) is 8.42 Å². The summed E-state index contributed by atoms with van der Waals surface area (Å²) >= 11 is 5.99.